The molecule has 7 rings (SSSR count). The fourth-order valence-electron chi connectivity index (χ4n) is 8.56. The van der Waals surface area contributed by atoms with E-state index >= 15 is 0 Å². The summed E-state index contributed by atoms with van der Waals surface area (Å²) in [7, 11) is 0.457. The molecule has 15 nitrogen and oxygen atoms in total. The summed E-state index contributed by atoms with van der Waals surface area (Å²) >= 11 is 11.1. The minimum Gasteiger partial charge on any atom is -0.465 e. The van der Waals surface area contributed by atoms with E-state index in [-0.39, 0.29) is 47.5 Å². The van der Waals surface area contributed by atoms with Crippen molar-refractivity contribution in [3.05, 3.63) is 206 Å². The van der Waals surface area contributed by atoms with E-state index in [1.54, 1.807) is 65.9 Å². The van der Waals surface area contributed by atoms with E-state index in [1.807, 2.05) is 214 Å². The van der Waals surface area contributed by atoms with Crippen LogP contribution in [0.2, 0.25) is 19.6 Å². The normalized spacial score (nSPS) is 11.1. The first-order chi connectivity index (χ1) is 49.7. The van der Waals surface area contributed by atoms with Crippen LogP contribution in [0.15, 0.2) is 228 Å². The fraction of sp³-hybridized carbons (Fsp3) is 0.425. The van der Waals surface area contributed by atoms with Crippen LogP contribution in [0.1, 0.15) is 84.7 Å². The van der Waals surface area contributed by atoms with Gasteiger partial charge in [-0.3, -0.25) is 28.8 Å². The third-order valence-electron chi connectivity index (χ3n) is 14.0. The van der Waals surface area contributed by atoms with Crippen LogP contribution in [-0.4, -0.2) is 160 Å². The van der Waals surface area contributed by atoms with Crippen LogP contribution >= 0.6 is 82.3 Å². The summed E-state index contributed by atoms with van der Waals surface area (Å²) in [5.41, 5.74) is 0. The van der Waals surface area contributed by atoms with Crippen LogP contribution in [0.4, 0.5) is 0 Å². The average molecular weight is 1560 g/mol. The second-order valence-corrected chi connectivity index (χ2v) is 37.3. The van der Waals surface area contributed by atoms with Crippen LogP contribution in [0, 0.1) is 6.92 Å². The Hall–Kier alpha value is -5.99. The lowest BCUT2D eigenvalue weighted by molar-refractivity contribution is -0.120. The molecule has 23 heteroatoms. The molecule has 0 aliphatic rings. The summed E-state index contributed by atoms with van der Waals surface area (Å²) in [5, 5.41) is 17.6. The smallest absolute Gasteiger partial charge is 0.230 e. The zero-order valence-corrected chi connectivity index (χ0v) is 69.3. The predicted molar refractivity (Wildman–Crippen MR) is 447 cm³/mol. The number of rotatable bonds is 40. The van der Waals surface area contributed by atoms with Crippen molar-refractivity contribution in [3.8, 4) is 0 Å². The van der Waals surface area contributed by atoms with E-state index in [0.717, 1.165) is 105 Å². The van der Waals surface area contributed by atoms with Gasteiger partial charge in [-0.05, 0) is 151 Å². The number of hydrogen-bond acceptors (Lipinski definition) is 16. The van der Waals surface area contributed by atoms with Gasteiger partial charge in [0, 0.05) is 73.6 Å². The van der Waals surface area contributed by atoms with Gasteiger partial charge in [0.15, 0.2) is 0 Å². The third kappa shape index (κ3) is 54.3. The minimum atomic E-state index is -1.17. The van der Waals surface area contributed by atoms with Crippen molar-refractivity contribution in [2.45, 2.75) is 148 Å². The molecule has 0 saturated heterocycles. The lowest BCUT2D eigenvalue weighted by Crippen LogP contribution is -2.40. The Morgan fingerprint density at radius 3 is 1.15 bits per heavy atom. The lowest BCUT2D eigenvalue weighted by Gasteiger charge is -2.19. The van der Waals surface area contributed by atoms with E-state index in [0.29, 0.717) is 47.7 Å². The van der Waals surface area contributed by atoms with Crippen molar-refractivity contribution in [3.63, 3.8) is 0 Å². The lowest BCUT2D eigenvalue weighted by atomic mass is 10.2. The van der Waals surface area contributed by atoms with E-state index in [9.17, 15) is 28.8 Å². The number of amides is 6. The highest BCUT2D eigenvalue weighted by Gasteiger charge is 2.15. The van der Waals surface area contributed by atoms with Gasteiger partial charge >= 0.3 is 0 Å². The number of ether oxygens (including phenoxy) is 1. The van der Waals surface area contributed by atoms with Gasteiger partial charge in [-0.15, -0.1) is 70.6 Å². The number of nitrogens with zero attached hydrogens (tertiary/aromatic N) is 1. The SMILES string of the molecule is CCCCCCNC(=O)CSc1ccccc1.CCN(CC)CCCC(C)NC(=O)CSc1ccccc1.COC[C@H](C)NC(=O)CSc1ccccc1.CSCCNC(=O)CSc1ccccc1.C[Si](C)(C)CNC(=O)CSc1ccccc1.Cc1ccc(CNC(=O)CSc2ccccc2)o1. The number of aryl methyl sites for hydroxylation is 1. The minimum absolute atomic E-state index is 0.0120. The number of carbonyl (C=O) groups is 6. The first-order valence-corrected chi connectivity index (χ1v) is 46.2. The molecule has 0 bridgehead atoms. The number of unbranched alkanes of at least 4 members (excludes halogenated alkanes) is 3. The summed E-state index contributed by atoms with van der Waals surface area (Å²) in [6.45, 7) is 25.1. The van der Waals surface area contributed by atoms with Crippen LogP contribution < -0.4 is 31.9 Å². The van der Waals surface area contributed by atoms with Gasteiger partial charge in [-0.25, -0.2) is 0 Å². The highest BCUT2D eigenvalue weighted by Crippen LogP contribution is 2.21. The molecule has 2 atom stereocenters. The molecule has 1 unspecified atom stereocenters. The average Bonchev–Trinajstić information content (AvgIpc) is 1.87. The second kappa shape index (κ2) is 61.2. The molecule has 1 aromatic heterocycles. The monoisotopic (exact) mass is 1550 g/mol. The largest absolute Gasteiger partial charge is 0.465 e. The molecular weight excluding hydrogens is 1440 g/mol. The maximum Gasteiger partial charge on any atom is 0.230 e. The molecular formula is C80H115N7O8S7Si. The van der Waals surface area contributed by atoms with E-state index in [2.05, 4.69) is 84.1 Å². The van der Waals surface area contributed by atoms with Crippen molar-refractivity contribution in [1.82, 2.24) is 36.8 Å². The molecule has 0 aliphatic heterocycles. The number of nitrogens with one attached hydrogen (secondary N) is 6. The van der Waals surface area contributed by atoms with E-state index < -0.39 is 8.07 Å². The summed E-state index contributed by atoms with van der Waals surface area (Å²) < 4.78 is 10.3. The Morgan fingerprint density at radius 1 is 0.447 bits per heavy atom. The Bertz CT molecular complexity index is 3280. The molecule has 0 aliphatic carbocycles. The van der Waals surface area contributed by atoms with Gasteiger partial charge in [-0.1, -0.05) is 169 Å². The van der Waals surface area contributed by atoms with Crippen molar-refractivity contribution in [2.75, 3.05) is 99.1 Å². The van der Waals surface area contributed by atoms with Crippen LogP contribution in [0.3, 0.4) is 0 Å². The number of hydrogen-bond donors (Lipinski definition) is 6. The highest BCUT2D eigenvalue weighted by atomic mass is 32.2. The molecule has 6 amide bonds. The Morgan fingerprint density at radius 2 is 0.806 bits per heavy atom. The topological polar surface area (TPSA) is 200 Å². The van der Waals surface area contributed by atoms with Gasteiger partial charge < -0.3 is 46.0 Å². The number of furan rings is 1. The molecule has 6 N–H and O–H groups in total. The van der Waals surface area contributed by atoms with Crippen LogP contribution in [0.5, 0.6) is 0 Å². The zero-order chi connectivity index (χ0) is 75.4. The Labute approximate surface area is 648 Å². The molecule has 1 heterocycles. The summed E-state index contributed by atoms with van der Waals surface area (Å²) in [4.78, 5) is 78.6. The van der Waals surface area contributed by atoms with Gasteiger partial charge in [0.25, 0.3) is 0 Å². The van der Waals surface area contributed by atoms with E-state index in [4.69, 9.17) is 9.15 Å². The quantitative estimate of drug-likeness (QED) is 0.0120. The maximum atomic E-state index is 11.9. The van der Waals surface area contributed by atoms with Crippen LogP contribution in [-0.2, 0) is 40.0 Å². The third-order valence-corrected chi connectivity index (χ3v) is 21.9. The van der Waals surface area contributed by atoms with Gasteiger partial charge in [-0.2, -0.15) is 11.8 Å². The van der Waals surface area contributed by atoms with Crippen molar-refractivity contribution < 1.29 is 37.9 Å². The number of carbonyl (C=O) groups excluding carboxylic acids is 6. The summed E-state index contributed by atoms with van der Waals surface area (Å²) in [5.74, 6) is 6.04. The summed E-state index contributed by atoms with van der Waals surface area (Å²) in [6.07, 6.45) is 9.86. The second-order valence-electron chi connectivity index (χ2n) is 24.6. The van der Waals surface area contributed by atoms with Crippen molar-refractivity contribution in [1.29, 1.82) is 0 Å². The van der Waals surface area contributed by atoms with Crippen LogP contribution in [0.25, 0.3) is 0 Å². The van der Waals surface area contributed by atoms with Gasteiger partial charge in [0.05, 0.1) is 55.7 Å². The first-order valence-electron chi connectivity index (χ1n) is 35.2. The number of methoxy groups -OCH3 is 1. The Balaban J connectivity index is 0.000000421. The number of thioether (sulfide) groups is 7. The molecule has 0 radical (unpaired) electrons. The molecule has 0 saturated carbocycles. The molecule has 6 aromatic carbocycles. The predicted octanol–water partition coefficient (Wildman–Crippen LogP) is 16.8. The highest BCUT2D eigenvalue weighted by molar-refractivity contribution is 8.01. The van der Waals surface area contributed by atoms with Crippen molar-refractivity contribution in [2.24, 2.45) is 0 Å². The number of benzene rings is 6. The molecule has 0 fully saturated rings. The first kappa shape index (κ1) is 93.1. The Kier molecular flexibility index (Phi) is 55.3. The summed E-state index contributed by atoms with van der Waals surface area (Å²) in [6, 6.07) is 63.9. The molecule has 0 spiro atoms. The fourth-order valence-corrected chi connectivity index (χ4v) is 14.0. The molecule has 7 aromatic rings. The zero-order valence-electron chi connectivity index (χ0n) is 62.6. The van der Waals surface area contributed by atoms with E-state index in [1.165, 1.54) is 42.8 Å². The van der Waals surface area contributed by atoms with Gasteiger partial charge in [0.2, 0.25) is 35.4 Å². The standard InChI is InChI=1S/C17H28N2OS.C14H15NO2S.C14H21NOS.C12H17NO2S.C12H19NOSSi.C11H15NOS2/c1-4-19(5-2)13-9-10-15(3)18-17(20)14-21-16-11-7-6-8-12-16;1-11-7-8-12(17-11)9-15-14(16)10-18-13-5-3-2-4-6-13;1-2-3-4-8-11-15-14(16)12-17-13-9-6-5-7-10-13;1-10(8-15-2)13-12(14)9-16-11-6-4-3-5-7-11;1-16(2,3)10-13-12(14)9-15-11-7-5-4-6-8-11;1-14-8-7-12-11(13)9-15-10-5-3-2-4-6-10/h6-8,11-12,15H,4-5,9-10,13-14H2,1-3H3,(H,18,20);2-8H,9-10H2,1H3,(H,15,16);5-7,9-10H,2-4,8,11-12H2,1H3,(H,15,16);3-7,10H,8-9H2,1-2H3,(H,13,14);4-8H,9-10H2,1-3H3,(H,13,14);2-6H,7-9H2,1H3,(H,12,13)/t;;;10-;;/m...0../s1. The maximum absolute atomic E-state index is 11.9. The molecule has 103 heavy (non-hydrogen) atoms. The van der Waals surface area contributed by atoms with Crippen molar-refractivity contribution >= 4 is 126 Å². The molecule has 564 valence electrons. The van der Waals surface area contributed by atoms with Gasteiger partial charge in [0.1, 0.15) is 11.5 Å².